The Morgan fingerprint density at radius 2 is 1.88 bits per heavy atom. The van der Waals surface area contributed by atoms with Crippen LogP contribution in [-0.2, 0) is 6.18 Å². The summed E-state index contributed by atoms with van der Waals surface area (Å²) in [5.74, 6) is 0.780. The molecular formula is C24H23F3N6O. The van der Waals surface area contributed by atoms with Crippen LogP contribution in [-0.4, -0.2) is 49.4 Å². The number of halogens is 3. The van der Waals surface area contributed by atoms with Gasteiger partial charge >= 0.3 is 12.0 Å². The Kier molecular flexibility index (Phi) is 4.87. The molecule has 1 N–H and O–H groups in total. The van der Waals surface area contributed by atoms with Crippen molar-refractivity contribution in [2.24, 2.45) is 0 Å². The van der Waals surface area contributed by atoms with E-state index in [2.05, 4.69) is 27.2 Å². The van der Waals surface area contributed by atoms with Crippen molar-refractivity contribution in [1.29, 1.82) is 0 Å². The van der Waals surface area contributed by atoms with Crippen LogP contribution in [0.4, 0.5) is 19.1 Å². The fourth-order valence-electron chi connectivity index (χ4n) is 5.35. The lowest BCUT2D eigenvalue weighted by Crippen LogP contribution is -2.44. The van der Waals surface area contributed by atoms with Crippen molar-refractivity contribution in [3.05, 3.63) is 54.6 Å². The van der Waals surface area contributed by atoms with Crippen molar-refractivity contribution in [1.82, 2.24) is 24.3 Å². The maximum Gasteiger partial charge on any atom is 0.416 e. The number of hydrogen-bond donors (Lipinski definition) is 1. The van der Waals surface area contributed by atoms with Crippen LogP contribution < -0.4 is 5.32 Å². The van der Waals surface area contributed by atoms with Crippen LogP contribution >= 0.6 is 0 Å². The molecule has 2 aliphatic heterocycles. The van der Waals surface area contributed by atoms with Crippen molar-refractivity contribution >= 4 is 11.8 Å². The third-order valence-electron chi connectivity index (χ3n) is 7.06. The molecule has 6 rings (SSSR count). The highest BCUT2D eigenvalue weighted by Crippen LogP contribution is 2.37. The highest BCUT2D eigenvalue weighted by atomic mass is 19.4. The second-order valence-corrected chi connectivity index (χ2v) is 9.07. The molecule has 2 atom stereocenters. The van der Waals surface area contributed by atoms with Gasteiger partial charge < -0.3 is 14.6 Å². The summed E-state index contributed by atoms with van der Waals surface area (Å²) in [6.07, 6.45) is 4.88. The normalized spacial score (nSPS) is 23.0. The van der Waals surface area contributed by atoms with Crippen molar-refractivity contribution in [2.75, 3.05) is 12.4 Å². The van der Waals surface area contributed by atoms with E-state index in [1.807, 2.05) is 0 Å². The number of anilines is 1. The predicted octanol–water partition coefficient (Wildman–Crippen LogP) is 5.11. The van der Waals surface area contributed by atoms with Crippen LogP contribution in [0.1, 0.15) is 31.2 Å². The molecule has 2 fully saturated rings. The topological polar surface area (TPSA) is 71.5 Å². The van der Waals surface area contributed by atoms with Gasteiger partial charge in [-0.05, 0) is 50.9 Å². The summed E-state index contributed by atoms with van der Waals surface area (Å²) in [5, 5.41) is 3.48. The number of nitrogens with zero attached hydrogens (tertiary/aromatic N) is 5. The van der Waals surface area contributed by atoms with Crippen LogP contribution in [0, 0.1) is 0 Å². The van der Waals surface area contributed by atoms with Crippen LogP contribution in [0.3, 0.4) is 0 Å². The molecule has 7 nitrogen and oxygen atoms in total. The van der Waals surface area contributed by atoms with E-state index in [4.69, 9.17) is 9.40 Å². The molecule has 1 aromatic carbocycles. The van der Waals surface area contributed by atoms with Crippen molar-refractivity contribution < 1.29 is 17.6 Å². The van der Waals surface area contributed by atoms with Crippen molar-refractivity contribution in [3.63, 3.8) is 0 Å². The first-order chi connectivity index (χ1) is 16.4. The molecule has 0 aliphatic carbocycles. The van der Waals surface area contributed by atoms with Crippen molar-refractivity contribution in [3.8, 4) is 22.6 Å². The Morgan fingerprint density at radius 1 is 1.09 bits per heavy atom. The van der Waals surface area contributed by atoms with Gasteiger partial charge in [-0.15, -0.1) is 0 Å². The first-order valence-corrected chi connectivity index (χ1v) is 11.3. The Morgan fingerprint density at radius 3 is 2.65 bits per heavy atom. The third kappa shape index (κ3) is 3.62. The average molecular weight is 468 g/mol. The Hall–Kier alpha value is -3.40. The maximum absolute atomic E-state index is 13.3. The number of benzene rings is 1. The summed E-state index contributed by atoms with van der Waals surface area (Å²) in [5.41, 5.74) is 1.07. The van der Waals surface area contributed by atoms with Gasteiger partial charge in [0, 0.05) is 36.1 Å². The first-order valence-electron chi connectivity index (χ1n) is 11.3. The summed E-state index contributed by atoms with van der Waals surface area (Å²) in [6, 6.07) is 8.30. The molecular weight excluding hydrogens is 445 g/mol. The molecule has 2 saturated heterocycles. The van der Waals surface area contributed by atoms with E-state index in [-0.39, 0.29) is 11.9 Å². The molecule has 176 valence electrons. The molecule has 4 aromatic rings. The van der Waals surface area contributed by atoms with E-state index in [0.29, 0.717) is 40.7 Å². The monoisotopic (exact) mass is 468 g/mol. The van der Waals surface area contributed by atoms with Gasteiger partial charge in [0.05, 0.1) is 11.3 Å². The maximum atomic E-state index is 13.3. The molecule has 5 heterocycles. The number of alkyl halides is 3. The highest BCUT2D eigenvalue weighted by molar-refractivity contribution is 5.80. The minimum atomic E-state index is -4.45. The zero-order valence-electron chi connectivity index (χ0n) is 18.5. The molecule has 0 radical (unpaired) electrons. The minimum Gasteiger partial charge on any atom is -0.432 e. The van der Waals surface area contributed by atoms with Gasteiger partial charge in [-0.1, -0.05) is 12.1 Å². The van der Waals surface area contributed by atoms with E-state index in [1.165, 1.54) is 25.2 Å². The summed E-state index contributed by atoms with van der Waals surface area (Å²) in [6.45, 7) is 0. The van der Waals surface area contributed by atoms with E-state index < -0.39 is 11.7 Å². The largest absolute Gasteiger partial charge is 0.432 e. The number of imidazole rings is 1. The molecule has 2 bridgehead atoms. The molecule has 2 aliphatic rings. The smallest absolute Gasteiger partial charge is 0.416 e. The lowest BCUT2D eigenvalue weighted by Gasteiger charge is -2.36. The number of aromatic nitrogens is 4. The standard InChI is InChI=1S/C24H23F3N6O/c1-32-17-5-6-18(32)13-16(12-17)29-22-28-8-7-19(30-22)21-20(31-23-33(21)9-10-34-23)14-3-2-4-15(11-14)24(25,26)27/h2-4,7-11,16-18H,5-6,12-13H2,1H3,(H,28,29,30). The van der Waals surface area contributed by atoms with Crippen LogP contribution in [0.5, 0.6) is 0 Å². The number of nitrogens with one attached hydrogen (secondary N) is 1. The van der Waals surface area contributed by atoms with E-state index in [1.54, 1.807) is 28.9 Å². The number of oxazole rings is 1. The molecule has 0 saturated carbocycles. The van der Waals surface area contributed by atoms with Crippen LogP contribution in [0.2, 0.25) is 0 Å². The predicted molar refractivity (Wildman–Crippen MR) is 120 cm³/mol. The highest BCUT2D eigenvalue weighted by Gasteiger charge is 2.38. The average Bonchev–Trinajstić information content (AvgIpc) is 3.45. The SMILES string of the molecule is CN1C2CCC1CC(Nc1nccc(-c3c(-c4cccc(C(F)(F)F)c4)nc4occn34)n1)C2. The molecule has 3 aromatic heterocycles. The minimum absolute atomic E-state index is 0.280. The number of fused-ring (bicyclic) bond motifs is 3. The van der Waals surface area contributed by atoms with Gasteiger partial charge in [-0.25, -0.2) is 9.97 Å². The zero-order chi connectivity index (χ0) is 23.4. The van der Waals surface area contributed by atoms with Gasteiger partial charge in [0.1, 0.15) is 17.7 Å². The lowest BCUT2D eigenvalue weighted by atomic mass is 9.98. The van der Waals surface area contributed by atoms with E-state index in [9.17, 15) is 13.2 Å². The molecule has 0 spiro atoms. The van der Waals surface area contributed by atoms with Crippen molar-refractivity contribution in [2.45, 2.75) is 50.0 Å². The van der Waals surface area contributed by atoms with E-state index in [0.717, 1.165) is 25.0 Å². The van der Waals surface area contributed by atoms with Gasteiger partial charge in [0.15, 0.2) is 0 Å². The second kappa shape index (κ2) is 7.83. The number of piperidine rings is 1. The Bertz CT molecular complexity index is 1330. The van der Waals surface area contributed by atoms with Gasteiger partial charge in [-0.2, -0.15) is 18.2 Å². The fraction of sp³-hybridized carbons (Fsp3) is 0.375. The van der Waals surface area contributed by atoms with Gasteiger partial charge in [0.25, 0.3) is 0 Å². The van der Waals surface area contributed by atoms with Gasteiger partial charge in [0.2, 0.25) is 5.95 Å². The molecule has 2 unspecified atom stereocenters. The summed E-state index contributed by atoms with van der Waals surface area (Å²) < 4.78 is 47.1. The number of rotatable bonds is 4. The lowest BCUT2D eigenvalue weighted by molar-refractivity contribution is -0.137. The first kappa shape index (κ1) is 21.2. The zero-order valence-corrected chi connectivity index (χ0v) is 18.5. The molecule has 10 heteroatoms. The Labute approximate surface area is 193 Å². The van der Waals surface area contributed by atoms with Gasteiger partial charge in [-0.3, -0.25) is 4.40 Å². The van der Waals surface area contributed by atoms with Crippen LogP contribution in [0.25, 0.3) is 28.5 Å². The molecule has 34 heavy (non-hydrogen) atoms. The van der Waals surface area contributed by atoms with Crippen LogP contribution in [0.15, 0.2) is 53.4 Å². The number of hydrogen-bond acceptors (Lipinski definition) is 6. The van der Waals surface area contributed by atoms with E-state index >= 15 is 0 Å². The third-order valence-corrected chi connectivity index (χ3v) is 7.06. The fourth-order valence-corrected chi connectivity index (χ4v) is 5.35. The molecule has 0 amide bonds. The summed E-state index contributed by atoms with van der Waals surface area (Å²) in [7, 11) is 2.20. The summed E-state index contributed by atoms with van der Waals surface area (Å²) in [4.78, 5) is 16.1. The second-order valence-electron chi connectivity index (χ2n) is 9.07. The quantitative estimate of drug-likeness (QED) is 0.449. The Balaban J connectivity index is 1.37. The summed E-state index contributed by atoms with van der Waals surface area (Å²) >= 11 is 0.